The summed E-state index contributed by atoms with van der Waals surface area (Å²) in [5.41, 5.74) is 10.4. The average molecular weight is 514 g/mol. The standard InChI is InChI=1S/C30H32BFN2O4/c1-29(2)30(3,4)38-31(37-29)20(15-19-13-14-27(33)26(32)16-19)17-34-28(35)36-18-25-23-11-7-5-9-21(23)22-10-6-8-12-24(22)25/h5-16,25H,17-18,33H2,1-4H3,(H,34,35). The van der Waals surface area contributed by atoms with Crippen LogP contribution in [0.1, 0.15) is 50.3 Å². The van der Waals surface area contributed by atoms with Gasteiger partial charge in [0.1, 0.15) is 12.4 Å². The highest BCUT2D eigenvalue weighted by molar-refractivity contribution is 6.56. The molecule has 1 heterocycles. The minimum Gasteiger partial charge on any atom is -0.449 e. The minimum atomic E-state index is -0.727. The molecule has 0 spiro atoms. The largest absolute Gasteiger partial charge is 0.492 e. The number of nitrogens with one attached hydrogen (secondary N) is 1. The third-order valence-corrected chi connectivity index (χ3v) is 7.71. The van der Waals surface area contributed by atoms with E-state index in [0.717, 1.165) is 11.1 Å². The Morgan fingerprint density at radius 3 is 2.16 bits per heavy atom. The molecule has 0 atom stereocenters. The molecule has 38 heavy (non-hydrogen) atoms. The van der Waals surface area contributed by atoms with E-state index >= 15 is 0 Å². The monoisotopic (exact) mass is 514 g/mol. The maximum Gasteiger partial charge on any atom is 0.492 e. The molecule has 1 saturated heterocycles. The second kappa shape index (κ2) is 9.93. The molecular weight excluding hydrogens is 482 g/mol. The van der Waals surface area contributed by atoms with Crippen molar-refractivity contribution in [2.24, 2.45) is 0 Å². The number of ether oxygens (including phenoxy) is 1. The normalized spacial score (nSPS) is 17.7. The molecule has 0 unspecified atom stereocenters. The van der Waals surface area contributed by atoms with E-state index in [1.807, 2.05) is 52.0 Å². The van der Waals surface area contributed by atoms with Gasteiger partial charge < -0.3 is 25.1 Å². The number of halogens is 1. The number of anilines is 1. The van der Waals surface area contributed by atoms with E-state index in [-0.39, 0.29) is 24.8 Å². The number of carbonyl (C=O) groups excluding carboxylic acids is 1. The van der Waals surface area contributed by atoms with E-state index in [1.165, 1.54) is 23.3 Å². The predicted molar refractivity (Wildman–Crippen MR) is 148 cm³/mol. The van der Waals surface area contributed by atoms with E-state index in [9.17, 15) is 9.18 Å². The first kappa shape index (κ1) is 26.0. The zero-order valence-corrected chi connectivity index (χ0v) is 22.1. The smallest absolute Gasteiger partial charge is 0.449 e. The second-order valence-electron chi connectivity index (χ2n) is 10.8. The molecule has 1 fully saturated rings. The van der Waals surface area contributed by atoms with Crippen LogP contribution in [0.3, 0.4) is 0 Å². The van der Waals surface area contributed by atoms with Gasteiger partial charge in [-0.1, -0.05) is 60.7 Å². The summed E-state index contributed by atoms with van der Waals surface area (Å²) in [5.74, 6) is -0.555. The van der Waals surface area contributed by atoms with Crippen LogP contribution in [-0.4, -0.2) is 37.6 Å². The number of carbonyl (C=O) groups is 1. The molecule has 0 saturated carbocycles. The van der Waals surface area contributed by atoms with Crippen molar-refractivity contribution in [3.8, 4) is 11.1 Å². The van der Waals surface area contributed by atoms with Crippen LogP contribution >= 0.6 is 0 Å². The van der Waals surface area contributed by atoms with Gasteiger partial charge >= 0.3 is 13.2 Å². The fourth-order valence-electron chi connectivity index (χ4n) is 4.87. The molecule has 6 nitrogen and oxygen atoms in total. The molecule has 1 aliphatic carbocycles. The number of benzene rings is 3. The van der Waals surface area contributed by atoms with Crippen molar-refractivity contribution in [1.29, 1.82) is 0 Å². The van der Waals surface area contributed by atoms with Crippen molar-refractivity contribution in [3.63, 3.8) is 0 Å². The fourth-order valence-corrected chi connectivity index (χ4v) is 4.87. The topological polar surface area (TPSA) is 82.8 Å². The van der Waals surface area contributed by atoms with Gasteiger partial charge in [-0.3, -0.25) is 0 Å². The van der Waals surface area contributed by atoms with Crippen molar-refractivity contribution in [2.45, 2.75) is 44.8 Å². The molecule has 0 aromatic heterocycles. The quantitative estimate of drug-likeness (QED) is 0.313. The number of amides is 1. The van der Waals surface area contributed by atoms with Gasteiger partial charge in [-0.05, 0) is 73.1 Å². The van der Waals surface area contributed by atoms with E-state index in [2.05, 4.69) is 29.6 Å². The molecule has 1 amide bonds. The highest BCUT2D eigenvalue weighted by Gasteiger charge is 2.52. The average Bonchev–Trinajstić information content (AvgIpc) is 3.31. The van der Waals surface area contributed by atoms with Crippen LogP contribution in [0.2, 0.25) is 0 Å². The van der Waals surface area contributed by atoms with Gasteiger partial charge in [0.25, 0.3) is 0 Å². The first-order valence-corrected chi connectivity index (χ1v) is 12.8. The zero-order valence-electron chi connectivity index (χ0n) is 22.1. The molecule has 8 heteroatoms. The third kappa shape index (κ3) is 4.94. The molecule has 3 aromatic carbocycles. The molecule has 196 valence electrons. The minimum absolute atomic E-state index is 0.0380. The molecule has 3 N–H and O–H groups in total. The SMILES string of the molecule is CC1(C)OB(C(=Cc2ccc(N)c(F)c2)CNC(=O)OCC2c3ccccc3-c3ccccc32)OC1(C)C. The third-order valence-electron chi connectivity index (χ3n) is 7.71. The van der Waals surface area contributed by atoms with Gasteiger partial charge in [0.15, 0.2) is 0 Å². The second-order valence-corrected chi connectivity index (χ2v) is 10.8. The van der Waals surface area contributed by atoms with Crippen LogP contribution in [0, 0.1) is 5.82 Å². The summed E-state index contributed by atoms with van der Waals surface area (Å²) in [6.07, 6.45) is 1.19. The van der Waals surface area contributed by atoms with Gasteiger partial charge in [0, 0.05) is 12.5 Å². The van der Waals surface area contributed by atoms with Crippen LogP contribution in [0.15, 0.2) is 72.2 Å². The lowest BCUT2D eigenvalue weighted by atomic mass is 9.77. The highest BCUT2D eigenvalue weighted by Crippen LogP contribution is 2.44. The van der Waals surface area contributed by atoms with E-state index < -0.39 is 30.2 Å². The number of fused-ring (bicyclic) bond motifs is 3. The first-order chi connectivity index (χ1) is 18.1. The van der Waals surface area contributed by atoms with Gasteiger partial charge in [-0.2, -0.15) is 0 Å². The number of alkyl carbamates (subject to hydrolysis) is 1. The lowest BCUT2D eigenvalue weighted by molar-refractivity contribution is 0.00578. The van der Waals surface area contributed by atoms with E-state index in [0.29, 0.717) is 11.0 Å². The summed E-state index contributed by atoms with van der Waals surface area (Å²) in [4.78, 5) is 12.8. The predicted octanol–water partition coefficient (Wildman–Crippen LogP) is 5.96. The Morgan fingerprint density at radius 2 is 1.58 bits per heavy atom. The van der Waals surface area contributed by atoms with E-state index in [1.54, 1.807) is 12.1 Å². The van der Waals surface area contributed by atoms with Crippen LogP contribution in [0.4, 0.5) is 14.9 Å². The summed E-state index contributed by atoms with van der Waals surface area (Å²) in [7, 11) is -0.727. The van der Waals surface area contributed by atoms with Crippen LogP contribution in [-0.2, 0) is 14.0 Å². The summed E-state index contributed by atoms with van der Waals surface area (Å²) in [6.45, 7) is 8.11. The fraction of sp³-hybridized carbons (Fsp3) is 0.300. The number of nitrogens with two attached hydrogens (primary N) is 1. The molecule has 0 radical (unpaired) electrons. The molecular formula is C30H32BFN2O4. The van der Waals surface area contributed by atoms with Crippen molar-refractivity contribution in [1.82, 2.24) is 5.32 Å². The summed E-state index contributed by atoms with van der Waals surface area (Å²) >= 11 is 0. The molecule has 2 aliphatic rings. The van der Waals surface area contributed by atoms with Crippen molar-refractivity contribution >= 4 is 25.0 Å². The molecule has 5 rings (SSSR count). The number of nitrogen functional groups attached to an aromatic ring is 1. The maximum atomic E-state index is 14.1. The summed E-state index contributed by atoms with van der Waals surface area (Å²) in [5, 5.41) is 2.82. The number of hydrogen-bond acceptors (Lipinski definition) is 5. The Hall–Kier alpha value is -3.62. The van der Waals surface area contributed by atoms with Crippen LogP contribution < -0.4 is 11.1 Å². The highest BCUT2D eigenvalue weighted by atomic mass is 19.1. The maximum absolute atomic E-state index is 14.1. The number of rotatable bonds is 6. The number of hydrogen-bond donors (Lipinski definition) is 2. The summed E-state index contributed by atoms with van der Waals surface area (Å²) in [6, 6.07) is 20.9. The van der Waals surface area contributed by atoms with Crippen molar-refractivity contribution in [2.75, 3.05) is 18.9 Å². The molecule has 0 bridgehead atoms. The first-order valence-electron chi connectivity index (χ1n) is 12.8. The van der Waals surface area contributed by atoms with Crippen molar-refractivity contribution < 1.29 is 23.2 Å². The molecule has 3 aromatic rings. The Bertz CT molecular complexity index is 1340. The summed E-state index contributed by atoms with van der Waals surface area (Å²) < 4.78 is 32.2. The Kier molecular flexibility index (Phi) is 6.80. The van der Waals surface area contributed by atoms with Crippen LogP contribution in [0.25, 0.3) is 17.2 Å². The van der Waals surface area contributed by atoms with Gasteiger partial charge in [0.2, 0.25) is 0 Å². The van der Waals surface area contributed by atoms with Crippen molar-refractivity contribution in [3.05, 3.63) is 94.7 Å². The Balaban J connectivity index is 1.30. The Morgan fingerprint density at radius 1 is 1.00 bits per heavy atom. The lowest BCUT2D eigenvalue weighted by Gasteiger charge is -2.32. The lowest BCUT2D eigenvalue weighted by Crippen LogP contribution is -2.41. The van der Waals surface area contributed by atoms with Gasteiger partial charge in [0.05, 0.1) is 16.9 Å². The van der Waals surface area contributed by atoms with Gasteiger partial charge in [-0.25, -0.2) is 9.18 Å². The van der Waals surface area contributed by atoms with Crippen LogP contribution in [0.5, 0.6) is 0 Å². The van der Waals surface area contributed by atoms with E-state index in [4.69, 9.17) is 19.8 Å². The zero-order chi connectivity index (χ0) is 27.1. The Labute approximate surface area is 223 Å². The van der Waals surface area contributed by atoms with Gasteiger partial charge in [-0.15, -0.1) is 0 Å². The molecule has 1 aliphatic heterocycles.